The van der Waals surface area contributed by atoms with Crippen LogP contribution in [0.4, 0.5) is 0 Å². The van der Waals surface area contributed by atoms with Gasteiger partial charge in [-0.25, -0.2) is 0 Å². The number of methoxy groups -OCH3 is 1. The molecule has 9 heteroatoms. The molecule has 0 aliphatic carbocycles. The van der Waals surface area contributed by atoms with Gasteiger partial charge in [0.2, 0.25) is 0 Å². The maximum absolute atomic E-state index is 12.0. The summed E-state index contributed by atoms with van der Waals surface area (Å²) in [4.78, 5) is 14.0. The van der Waals surface area contributed by atoms with E-state index >= 15 is 0 Å². The molecule has 0 saturated heterocycles. The smallest absolute Gasteiger partial charge is 0.257 e. The van der Waals surface area contributed by atoms with E-state index in [1.165, 1.54) is 11.1 Å². The van der Waals surface area contributed by atoms with Crippen molar-refractivity contribution in [3.05, 3.63) is 90.0 Å². The first kappa shape index (κ1) is 27.2. The number of carbonyl (C=O) groups is 1. The number of rotatable bonds is 13. The topological polar surface area (TPSA) is 81.5 Å². The van der Waals surface area contributed by atoms with Gasteiger partial charge in [0.05, 0.1) is 13.7 Å². The third kappa shape index (κ3) is 7.84. The Labute approximate surface area is 228 Å². The molecule has 8 nitrogen and oxygen atoms in total. The lowest BCUT2D eigenvalue weighted by Crippen LogP contribution is -2.34. The number of ether oxygens (including phenoxy) is 2. The van der Waals surface area contributed by atoms with E-state index < -0.39 is 0 Å². The number of benzene rings is 3. The quantitative estimate of drug-likeness (QED) is 0.257. The number of aromatic nitrogens is 3. The predicted molar refractivity (Wildman–Crippen MR) is 151 cm³/mol. The highest BCUT2D eigenvalue weighted by molar-refractivity contribution is 7.98. The molecule has 38 heavy (non-hydrogen) atoms. The third-order valence-corrected chi connectivity index (χ3v) is 6.83. The number of thioether (sulfide) groups is 1. The van der Waals surface area contributed by atoms with Crippen LogP contribution in [0.25, 0.3) is 11.4 Å². The van der Waals surface area contributed by atoms with Gasteiger partial charge in [0, 0.05) is 24.4 Å². The third-order valence-electron chi connectivity index (χ3n) is 5.79. The second-order valence-corrected chi connectivity index (χ2v) is 9.92. The molecule has 0 radical (unpaired) electrons. The zero-order valence-electron chi connectivity index (χ0n) is 22.0. The molecule has 0 atom stereocenters. The van der Waals surface area contributed by atoms with Gasteiger partial charge in [-0.1, -0.05) is 54.2 Å². The summed E-state index contributed by atoms with van der Waals surface area (Å²) >= 11 is 1.65. The van der Waals surface area contributed by atoms with Crippen LogP contribution >= 0.6 is 11.8 Å². The van der Waals surface area contributed by atoms with Crippen LogP contribution in [0.3, 0.4) is 0 Å². The van der Waals surface area contributed by atoms with Crippen LogP contribution < -0.4 is 14.8 Å². The summed E-state index contributed by atoms with van der Waals surface area (Å²) in [7, 11) is 5.60. The lowest BCUT2D eigenvalue weighted by Gasteiger charge is -2.12. The largest absolute Gasteiger partial charge is 0.497 e. The Kier molecular flexibility index (Phi) is 9.77. The SMILES string of the molecule is COc1ccc(CSc2nnc(-c3ccc(OCC(=O)NCCN(C)C)cc3)n2Cc2ccccc2)cc1. The van der Waals surface area contributed by atoms with Crippen molar-refractivity contribution in [3.8, 4) is 22.9 Å². The van der Waals surface area contributed by atoms with Crippen LogP contribution in [-0.2, 0) is 17.1 Å². The first-order chi connectivity index (χ1) is 18.5. The fourth-order valence-corrected chi connectivity index (χ4v) is 4.60. The van der Waals surface area contributed by atoms with Crippen LogP contribution in [0.1, 0.15) is 11.1 Å². The fourth-order valence-electron chi connectivity index (χ4n) is 3.71. The number of carbonyl (C=O) groups excluding carboxylic acids is 1. The molecule has 0 aliphatic heterocycles. The highest BCUT2D eigenvalue weighted by atomic mass is 32.2. The van der Waals surface area contributed by atoms with E-state index in [0.717, 1.165) is 34.6 Å². The standard InChI is InChI=1S/C29H33N5O3S/c1-33(2)18-17-30-27(35)20-37-26-15-11-24(12-16-26)28-31-32-29(34(28)19-22-7-5-4-6-8-22)38-21-23-9-13-25(36-3)14-10-23/h4-16H,17-21H2,1-3H3,(H,30,35). The lowest BCUT2D eigenvalue weighted by atomic mass is 10.2. The molecule has 0 fully saturated rings. The number of nitrogens with zero attached hydrogens (tertiary/aromatic N) is 4. The Bertz CT molecular complexity index is 1290. The van der Waals surface area contributed by atoms with E-state index in [2.05, 4.69) is 44.3 Å². The highest BCUT2D eigenvalue weighted by Crippen LogP contribution is 2.29. The van der Waals surface area contributed by atoms with Crippen molar-refractivity contribution in [1.29, 1.82) is 0 Å². The molecular weight excluding hydrogens is 498 g/mol. The van der Waals surface area contributed by atoms with Crippen LogP contribution in [-0.4, -0.2) is 66.5 Å². The van der Waals surface area contributed by atoms with Gasteiger partial charge >= 0.3 is 0 Å². The van der Waals surface area contributed by atoms with Gasteiger partial charge < -0.3 is 19.7 Å². The Morgan fingerprint density at radius 2 is 1.63 bits per heavy atom. The molecule has 3 aromatic carbocycles. The second-order valence-electron chi connectivity index (χ2n) is 8.98. The van der Waals surface area contributed by atoms with Crippen LogP contribution in [0.15, 0.2) is 84.0 Å². The molecule has 0 bridgehead atoms. The lowest BCUT2D eigenvalue weighted by molar-refractivity contribution is -0.123. The summed E-state index contributed by atoms with van der Waals surface area (Å²) in [5.41, 5.74) is 3.27. The van der Waals surface area contributed by atoms with Crippen molar-refractivity contribution in [3.63, 3.8) is 0 Å². The van der Waals surface area contributed by atoms with Crippen LogP contribution in [0.5, 0.6) is 11.5 Å². The van der Waals surface area contributed by atoms with Gasteiger partial charge in [-0.2, -0.15) is 0 Å². The molecular formula is C29H33N5O3S. The highest BCUT2D eigenvalue weighted by Gasteiger charge is 2.16. The van der Waals surface area contributed by atoms with Gasteiger partial charge in [0.1, 0.15) is 11.5 Å². The minimum absolute atomic E-state index is 0.0247. The van der Waals surface area contributed by atoms with Gasteiger partial charge in [0.25, 0.3) is 5.91 Å². The van der Waals surface area contributed by atoms with Crippen LogP contribution in [0, 0.1) is 0 Å². The molecule has 1 amide bonds. The number of amides is 1. The molecule has 0 unspecified atom stereocenters. The van der Waals surface area contributed by atoms with Crippen molar-refractivity contribution >= 4 is 17.7 Å². The minimum atomic E-state index is -0.142. The molecule has 0 spiro atoms. The molecule has 1 heterocycles. The van der Waals surface area contributed by atoms with Gasteiger partial charge in [-0.3, -0.25) is 9.36 Å². The number of likely N-dealkylation sites (N-methyl/N-ethyl adjacent to an activating group) is 1. The average molecular weight is 532 g/mol. The van der Waals surface area contributed by atoms with E-state index in [0.29, 0.717) is 18.8 Å². The van der Waals surface area contributed by atoms with Crippen LogP contribution in [0.2, 0.25) is 0 Å². The van der Waals surface area contributed by atoms with Crippen molar-refractivity contribution in [2.45, 2.75) is 17.5 Å². The molecule has 4 aromatic rings. The molecule has 1 N–H and O–H groups in total. The van der Waals surface area contributed by atoms with Crippen molar-refractivity contribution in [2.24, 2.45) is 0 Å². The zero-order valence-corrected chi connectivity index (χ0v) is 22.8. The minimum Gasteiger partial charge on any atom is -0.497 e. The summed E-state index contributed by atoms with van der Waals surface area (Å²) in [5, 5.41) is 12.8. The fraction of sp³-hybridized carbons (Fsp3) is 0.276. The van der Waals surface area contributed by atoms with Gasteiger partial charge in [0.15, 0.2) is 17.6 Å². The first-order valence-electron chi connectivity index (χ1n) is 12.4. The normalized spacial score (nSPS) is 10.9. The Morgan fingerprint density at radius 3 is 2.32 bits per heavy atom. The summed E-state index contributed by atoms with van der Waals surface area (Å²) in [6, 6.07) is 25.9. The maximum Gasteiger partial charge on any atom is 0.257 e. The zero-order chi connectivity index (χ0) is 26.7. The van der Waals surface area contributed by atoms with E-state index in [-0.39, 0.29) is 12.5 Å². The number of nitrogens with one attached hydrogen (secondary N) is 1. The average Bonchev–Trinajstić information content (AvgIpc) is 3.33. The monoisotopic (exact) mass is 531 g/mol. The Hall–Kier alpha value is -3.82. The van der Waals surface area contributed by atoms with Crippen molar-refractivity contribution < 1.29 is 14.3 Å². The van der Waals surface area contributed by atoms with Crippen molar-refractivity contribution in [1.82, 2.24) is 25.0 Å². The Balaban J connectivity index is 1.46. The van der Waals surface area contributed by atoms with E-state index in [1.54, 1.807) is 18.9 Å². The van der Waals surface area contributed by atoms with E-state index in [1.807, 2.05) is 73.6 Å². The second kappa shape index (κ2) is 13.6. The molecule has 198 valence electrons. The molecule has 1 aromatic heterocycles. The molecule has 0 aliphatic rings. The van der Waals surface area contributed by atoms with Crippen molar-refractivity contribution in [2.75, 3.05) is 40.9 Å². The first-order valence-corrected chi connectivity index (χ1v) is 13.4. The summed E-state index contributed by atoms with van der Waals surface area (Å²) < 4.78 is 13.1. The predicted octanol–water partition coefficient (Wildman–Crippen LogP) is 4.35. The molecule has 4 rings (SSSR count). The number of hydrogen-bond acceptors (Lipinski definition) is 7. The number of hydrogen-bond donors (Lipinski definition) is 1. The van der Waals surface area contributed by atoms with Gasteiger partial charge in [-0.05, 0) is 61.6 Å². The van der Waals surface area contributed by atoms with E-state index in [9.17, 15) is 4.79 Å². The summed E-state index contributed by atoms with van der Waals surface area (Å²) in [6.07, 6.45) is 0. The summed E-state index contributed by atoms with van der Waals surface area (Å²) in [5.74, 6) is 2.86. The Morgan fingerprint density at radius 1 is 0.921 bits per heavy atom. The maximum atomic E-state index is 12.0. The summed E-state index contributed by atoms with van der Waals surface area (Å²) in [6.45, 7) is 2.00. The van der Waals surface area contributed by atoms with E-state index in [4.69, 9.17) is 9.47 Å². The molecule has 0 saturated carbocycles. The van der Waals surface area contributed by atoms with Gasteiger partial charge in [-0.15, -0.1) is 10.2 Å².